The quantitative estimate of drug-likeness (QED) is 0.442. The molecule has 0 saturated heterocycles. The van der Waals surface area contributed by atoms with Crippen LogP contribution in [0.2, 0.25) is 0 Å². The van der Waals surface area contributed by atoms with Gasteiger partial charge in [0.15, 0.2) is 0 Å². The summed E-state index contributed by atoms with van der Waals surface area (Å²) < 4.78 is 0. The molecule has 0 aromatic rings. The monoisotopic (exact) mass is 271 g/mol. The number of rotatable bonds is 7. The van der Waals surface area contributed by atoms with Gasteiger partial charge in [-0.15, -0.1) is 0 Å². The molecule has 1 unspecified atom stereocenters. The molecular weight excluding hydrogens is 242 g/mol. The summed E-state index contributed by atoms with van der Waals surface area (Å²) in [7, 11) is 0. The molecule has 0 aliphatic carbocycles. The topological polar surface area (TPSA) is 3.24 Å². The Labute approximate surface area is 125 Å². The van der Waals surface area contributed by atoms with Crippen molar-refractivity contribution in [1.29, 1.82) is 0 Å². The zero-order valence-electron chi connectivity index (χ0n) is 13.5. The average molecular weight is 271 g/mol. The summed E-state index contributed by atoms with van der Waals surface area (Å²) in [5.41, 5.74) is 2.68. The Kier molecular flexibility index (Phi) is 7.79. The van der Waals surface area contributed by atoms with Gasteiger partial charge in [-0.25, -0.2) is 0 Å². The predicted molar refractivity (Wildman–Crippen MR) is 90.6 cm³/mol. The molecule has 1 aliphatic rings. The van der Waals surface area contributed by atoms with E-state index in [9.17, 15) is 0 Å². The van der Waals surface area contributed by atoms with Crippen molar-refractivity contribution in [3.8, 4) is 0 Å². The van der Waals surface area contributed by atoms with Gasteiger partial charge in [0.1, 0.15) is 0 Å². The Bertz CT molecular complexity index is 421. The van der Waals surface area contributed by atoms with E-state index in [0.29, 0.717) is 6.04 Å². The fourth-order valence-electron chi connectivity index (χ4n) is 2.47. The van der Waals surface area contributed by atoms with Gasteiger partial charge in [0.2, 0.25) is 0 Å². The SMILES string of the molecule is C/C=C\C=C(/C)C1=CC=CCN1C(C=CCC)CCC. The smallest absolute Gasteiger partial charge is 0.0476 e. The zero-order valence-corrected chi connectivity index (χ0v) is 13.5. The fourth-order valence-corrected chi connectivity index (χ4v) is 2.47. The molecule has 0 saturated carbocycles. The highest BCUT2D eigenvalue weighted by molar-refractivity contribution is 5.37. The van der Waals surface area contributed by atoms with E-state index in [0.717, 1.165) is 13.0 Å². The first kappa shape index (κ1) is 16.6. The number of nitrogens with zero attached hydrogens (tertiary/aromatic N) is 1. The van der Waals surface area contributed by atoms with Crippen LogP contribution in [0.5, 0.6) is 0 Å². The highest BCUT2D eigenvalue weighted by Crippen LogP contribution is 2.24. The van der Waals surface area contributed by atoms with Gasteiger partial charge in [0.05, 0.1) is 0 Å². The Morgan fingerprint density at radius 1 is 1.40 bits per heavy atom. The minimum Gasteiger partial charge on any atom is -0.361 e. The maximum Gasteiger partial charge on any atom is 0.0476 e. The molecule has 0 radical (unpaired) electrons. The lowest BCUT2D eigenvalue weighted by Gasteiger charge is -2.35. The highest BCUT2D eigenvalue weighted by atomic mass is 15.2. The van der Waals surface area contributed by atoms with Gasteiger partial charge in [-0.2, -0.15) is 0 Å². The number of hydrogen-bond acceptors (Lipinski definition) is 1. The first-order valence-electron chi connectivity index (χ1n) is 7.84. The Morgan fingerprint density at radius 3 is 2.85 bits per heavy atom. The summed E-state index contributed by atoms with van der Waals surface area (Å²) in [6, 6.07) is 0.505. The molecule has 110 valence electrons. The summed E-state index contributed by atoms with van der Waals surface area (Å²) in [5, 5.41) is 0. The van der Waals surface area contributed by atoms with Crippen LogP contribution in [0.3, 0.4) is 0 Å². The summed E-state index contributed by atoms with van der Waals surface area (Å²) in [4.78, 5) is 2.52. The summed E-state index contributed by atoms with van der Waals surface area (Å²) in [5.74, 6) is 0. The predicted octanol–water partition coefficient (Wildman–Crippen LogP) is 5.40. The first-order chi connectivity index (χ1) is 9.74. The van der Waals surface area contributed by atoms with Crippen molar-refractivity contribution in [2.24, 2.45) is 0 Å². The van der Waals surface area contributed by atoms with Crippen molar-refractivity contribution >= 4 is 0 Å². The number of hydrogen-bond donors (Lipinski definition) is 0. The molecule has 0 N–H and O–H groups in total. The van der Waals surface area contributed by atoms with E-state index in [1.54, 1.807) is 0 Å². The summed E-state index contributed by atoms with van der Waals surface area (Å²) in [6.07, 6.45) is 21.2. The van der Waals surface area contributed by atoms with E-state index in [4.69, 9.17) is 0 Å². The van der Waals surface area contributed by atoms with E-state index in [2.05, 4.69) is 81.2 Å². The van der Waals surface area contributed by atoms with E-state index in [1.807, 2.05) is 0 Å². The van der Waals surface area contributed by atoms with E-state index >= 15 is 0 Å². The van der Waals surface area contributed by atoms with Gasteiger partial charge in [0.25, 0.3) is 0 Å². The molecule has 0 fully saturated rings. The van der Waals surface area contributed by atoms with Crippen molar-refractivity contribution in [2.75, 3.05) is 6.54 Å². The van der Waals surface area contributed by atoms with Gasteiger partial charge >= 0.3 is 0 Å². The molecule has 0 aromatic carbocycles. The van der Waals surface area contributed by atoms with Gasteiger partial charge in [-0.3, -0.25) is 0 Å². The molecule has 20 heavy (non-hydrogen) atoms. The van der Waals surface area contributed by atoms with Crippen LogP contribution in [0.1, 0.15) is 47.0 Å². The molecule has 1 heterocycles. The lowest BCUT2D eigenvalue weighted by molar-refractivity contribution is 0.307. The Hall–Kier alpha value is -1.50. The van der Waals surface area contributed by atoms with E-state index in [1.165, 1.54) is 24.1 Å². The first-order valence-corrected chi connectivity index (χ1v) is 7.84. The largest absolute Gasteiger partial charge is 0.361 e. The highest BCUT2D eigenvalue weighted by Gasteiger charge is 2.19. The molecule has 0 bridgehead atoms. The third kappa shape index (κ3) is 4.88. The van der Waals surface area contributed by atoms with Crippen LogP contribution in [0.25, 0.3) is 0 Å². The second-order valence-electron chi connectivity index (χ2n) is 5.20. The van der Waals surface area contributed by atoms with Crippen LogP contribution in [0.15, 0.2) is 59.9 Å². The molecule has 1 rings (SSSR count). The van der Waals surface area contributed by atoms with Crippen LogP contribution in [0, 0.1) is 0 Å². The van der Waals surface area contributed by atoms with E-state index < -0.39 is 0 Å². The molecule has 0 spiro atoms. The second kappa shape index (κ2) is 9.41. The van der Waals surface area contributed by atoms with Crippen molar-refractivity contribution in [2.45, 2.75) is 53.0 Å². The van der Waals surface area contributed by atoms with Crippen molar-refractivity contribution < 1.29 is 0 Å². The van der Waals surface area contributed by atoms with Crippen molar-refractivity contribution in [1.82, 2.24) is 4.90 Å². The minimum atomic E-state index is 0.505. The third-order valence-electron chi connectivity index (χ3n) is 3.52. The zero-order chi connectivity index (χ0) is 14.8. The normalized spacial score (nSPS) is 18.1. The molecule has 1 aliphatic heterocycles. The van der Waals surface area contributed by atoms with Gasteiger partial charge < -0.3 is 4.90 Å². The average Bonchev–Trinajstić information content (AvgIpc) is 2.49. The summed E-state index contributed by atoms with van der Waals surface area (Å²) >= 11 is 0. The van der Waals surface area contributed by atoms with E-state index in [-0.39, 0.29) is 0 Å². The van der Waals surface area contributed by atoms with Crippen molar-refractivity contribution in [3.05, 3.63) is 59.9 Å². The number of allylic oxidation sites excluding steroid dienone is 7. The fraction of sp³-hybridized carbons (Fsp3) is 0.474. The van der Waals surface area contributed by atoms with Crippen LogP contribution in [0.4, 0.5) is 0 Å². The van der Waals surface area contributed by atoms with Gasteiger partial charge in [-0.1, -0.05) is 62.8 Å². The Balaban J connectivity index is 2.97. The standard InChI is InChI=1S/C19H29N/c1-5-8-13-17(4)19-15-10-11-16-20(19)18(12-7-3)14-9-6-2/h5,8-11,13-15,18H,6-7,12,16H2,1-4H3/b8-5-,14-9?,17-13+. The lowest BCUT2D eigenvalue weighted by atomic mass is 10.0. The third-order valence-corrected chi connectivity index (χ3v) is 3.52. The van der Waals surface area contributed by atoms with Crippen LogP contribution >= 0.6 is 0 Å². The van der Waals surface area contributed by atoms with Crippen LogP contribution in [-0.4, -0.2) is 17.5 Å². The van der Waals surface area contributed by atoms with Gasteiger partial charge in [0, 0.05) is 18.3 Å². The molecule has 1 nitrogen and oxygen atoms in total. The molecule has 1 atom stereocenters. The maximum atomic E-state index is 2.52. The van der Waals surface area contributed by atoms with Crippen LogP contribution < -0.4 is 0 Å². The molecular formula is C19H29N. The van der Waals surface area contributed by atoms with Crippen molar-refractivity contribution in [3.63, 3.8) is 0 Å². The van der Waals surface area contributed by atoms with Crippen LogP contribution in [-0.2, 0) is 0 Å². The lowest BCUT2D eigenvalue weighted by Crippen LogP contribution is -2.35. The molecule has 0 amide bonds. The maximum absolute atomic E-state index is 2.52. The summed E-state index contributed by atoms with van der Waals surface area (Å²) in [6.45, 7) is 9.72. The molecule has 1 heteroatoms. The minimum absolute atomic E-state index is 0.505. The Morgan fingerprint density at radius 2 is 2.20 bits per heavy atom. The molecule has 0 aromatic heterocycles. The second-order valence-corrected chi connectivity index (χ2v) is 5.20. The van der Waals surface area contributed by atoms with Gasteiger partial charge in [-0.05, 0) is 38.3 Å².